The smallest absolute Gasteiger partial charge is 0.212 e. The maximum Gasteiger partial charge on any atom is 0.212 e. The van der Waals surface area contributed by atoms with Gasteiger partial charge in [-0.2, -0.15) is 4.57 Å². The molecule has 2 aromatic carbocycles. The molecule has 4 rings (SSSR count). The van der Waals surface area contributed by atoms with E-state index in [1.54, 1.807) is 0 Å². The van der Waals surface area contributed by atoms with Crippen molar-refractivity contribution >= 4 is 22.7 Å². The number of likely N-dealkylation sites (N-methyl/N-ethyl adjacent to an activating group) is 1. The molecule has 0 amide bonds. The lowest BCUT2D eigenvalue weighted by atomic mass is 10.1. The predicted octanol–water partition coefficient (Wildman–Crippen LogP) is 4.01. The molecule has 0 saturated carbocycles. The molecule has 114 valence electrons. The summed E-state index contributed by atoms with van der Waals surface area (Å²) in [6.45, 7) is 2.19. The molecule has 2 nitrogen and oxygen atoms in total. The highest BCUT2D eigenvalue weighted by Gasteiger charge is 2.22. The average Bonchev–Trinajstić information content (AvgIpc) is 2.89. The van der Waals surface area contributed by atoms with E-state index >= 15 is 0 Å². The average molecular weight is 301 g/mol. The standard InChI is InChI=1S/C21H21N2/c1-15-12-17(23(3)21-11-7-5-9-19(15)21)14-18-13-16-8-4-6-10-20(16)22(18)2/h4-12,14H,13H2,1-3H3/q+1. The number of hydrogen-bond acceptors (Lipinski definition) is 1. The molecule has 1 aliphatic rings. The Bertz CT molecular complexity index is 938. The summed E-state index contributed by atoms with van der Waals surface area (Å²) in [4.78, 5) is 2.31. The molecule has 0 atom stereocenters. The minimum absolute atomic E-state index is 0.999. The summed E-state index contributed by atoms with van der Waals surface area (Å²) in [5.41, 5.74) is 7.91. The van der Waals surface area contributed by atoms with Crippen LogP contribution in [0.3, 0.4) is 0 Å². The molecule has 0 N–H and O–H groups in total. The van der Waals surface area contributed by atoms with E-state index in [4.69, 9.17) is 0 Å². The molecule has 0 spiro atoms. The van der Waals surface area contributed by atoms with E-state index < -0.39 is 0 Å². The quantitative estimate of drug-likeness (QED) is 0.616. The number of hydrogen-bond donors (Lipinski definition) is 0. The first-order valence-electron chi connectivity index (χ1n) is 8.06. The Morgan fingerprint density at radius 1 is 1.04 bits per heavy atom. The van der Waals surface area contributed by atoms with Crippen LogP contribution in [0.15, 0.2) is 60.3 Å². The van der Waals surface area contributed by atoms with Gasteiger partial charge in [-0.3, -0.25) is 0 Å². The minimum Gasteiger partial charge on any atom is -0.347 e. The maximum atomic E-state index is 2.32. The Morgan fingerprint density at radius 2 is 1.78 bits per heavy atom. The lowest BCUT2D eigenvalue weighted by Gasteiger charge is -2.14. The number of fused-ring (bicyclic) bond motifs is 2. The van der Waals surface area contributed by atoms with Gasteiger partial charge in [-0.1, -0.05) is 30.3 Å². The third-order valence-corrected chi connectivity index (χ3v) is 4.91. The largest absolute Gasteiger partial charge is 0.347 e. The third-order valence-electron chi connectivity index (χ3n) is 4.91. The van der Waals surface area contributed by atoms with Crippen molar-refractivity contribution in [3.8, 4) is 0 Å². The summed E-state index contributed by atoms with van der Waals surface area (Å²) in [5, 5.41) is 1.32. The first kappa shape index (κ1) is 14.0. The molecule has 0 fully saturated rings. The van der Waals surface area contributed by atoms with Crippen LogP contribution in [0.2, 0.25) is 0 Å². The fourth-order valence-electron chi connectivity index (χ4n) is 3.55. The number of para-hydroxylation sites is 2. The van der Waals surface area contributed by atoms with Gasteiger partial charge in [-0.15, -0.1) is 0 Å². The molecular formula is C21H21N2+. The molecule has 2 heterocycles. The topological polar surface area (TPSA) is 7.12 Å². The first-order chi connectivity index (χ1) is 11.1. The lowest BCUT2D eigenvalue weighted by molar-refractivity contribution is -0.646. The Labute approximate surface area is 137 Å². The molecule has 0 unspecified atom stereocenters. The van der Waals surface area contributed by atoms with E-state index in [0.717, 1.165) is 6.42 Å². The SMILES string of the molecule is Cc1cc(C=C2Cc3ccccc3N2C)[n+](C)c2ccccc12. The van der Waals surface area contributed by atoms with Gasteiger partial charge in [0.2, 0.25) is 11.2 Å². The van der Waals surface area contributed by atoms with E-state index in [9.17, 15) is 0 Å². The van der Waals surface area contributed by atoms with Gasteiger partial charge in [0.05, 0.1) is 0 Å². The monoisotopic (exact) mass is 301 g/mol. The summed E-state index contributed by atoms with van der Waals surface area (Å²) in [7, 11) is 4.31. The molecule has 3 aromatic rings. The molecule has 0 bridgehead atoms. The van der Waals surface area contributed by atoms with Crippen LogP contribution in [-0.4, -0.2) is 7.05 Å². The van der Waals surface area contributed by atoms with Crippen LogP contribution in [-0.2, 0) is 13.5 Å². The van der Waals surface area contributed by atoms with Crippen LogP contribution in [0, 0.1) is 6.92 Å². The van der Waals surface area contributed by atoms with Gasteiger partial charge in [-0.05, 0) is 30.2 Å². The molecule has 0 radical (unpaired) electrons. The number of anilines is 1. The Balaban J connectivity index is 1.84. The third kappa shape index (κ3) is 2.22. The van der Waals surface area contributed by atoms with Crippen molar-refractivity contribution in [2.24, 2.45) is 7.05 Å². The zero-order valence-corrected chi connectivity index (χ0v) is 13.9. The van der Waals surface area contributed by atoms with Crippen molar-refractivity contribution in [1.82, 2.24) is 0 Å². The highest BCUT2D eigenvalue weighted by atomic mass is 15.1. The molecule has 2 heteroatoms. The van der Waals surface area contributed by atoms with E-state index in [0.29, 0.717) is 0 Å². The van der Waals surface area contributed by atoms with Crippen LogP contribution in [0.1, 0.15) is 16.8 Å². The first-order valence-corrected chi connectivity index (χ1v) is 8.06. The Kier molecular flexibility index (Phi) is 3.19. The van der Waals surface area contributed by atoms with Crippen LogP contribution in [0.4, 0.5) is 5.69 Å². The van der Waals surface area contributed by atoms with E-state index in [1.165, 1.54) is 39.1 Å². The Hall–Kier alpha value is -2.61. The normalized spacial score (nSPS) is 15.4. The fourth-order valence-corrected chi connectivity index (χ4v) is 3.55. The summed E-state index contributed by atoms with van der Waals surface area (Å²) < 4.78 is 2.28. The number of aryl methyl sites for hydroxylation is 2. The number of nitrogens with zero attached hydrogens (tertiary/aromatic N) is 2. The van der Waals surface area contributed by atoms with Crippen LogP contribution < -0.4 is 9.47 Å². The second-order valence-corrected chi connectivity index (χ2v) is 6.33. The van der Waals surface area contributed by atoms with Gasteiger partial charge in [-0.25, -0.2) is 0 Å². The van der Waals surface area contributed by atoms with Crippen molar-refractivity contribution in [2.75, 3.05) is 11.9 Å². The van der Waals surface area contributed by atoms with Crippen LogP contribution in [0.5, 0.6) is 0 Å². The summed E-state index contributed by atoms with van der Waals surface area (Å²) >= 11 is 0. The zero-order chi connectivity index (χ0) is 16.0. The van der Waals surface area contributed by atoms with Gasteiger partial charge in [0.1, 0.15) is 7.05 Å². The number of allylic oxidation sites excluding steroid dienone is 1. The molecular weight excluding hydrogens is 280 g/mol. The van der Waals surface area contributed by atoms with E-state index in [-0.39, 0.29) is 0 Å². The van der Waals surface area contributed by atoms with Gasteiger partial charge in [0.25, 0.3) is 0 Å². The zero-order valence-electron chi connectivity index (χ0n) is 13.9. The number of rotatable bonds is 1. The van der Waals surface area contributed by atoms with Gasteiger partial charge >= 0.3 is 0 Å². The van der Waals surface area contributed by atoms with Crippen LogP contribution in [0.25, 0.3) is 17.0 Å². The summed E-state index contributed by atoms with van der Waals surface area (Å²) in [6, 6.07) is 19.5. The Morgan fingerprint density at radius 3 is 2.61 bits per heavy atom. The second kappa shape index (κ2) is 5.24. The van der Waals surface area contributed by atoms with Crippen molar-refractivity contribution in [1.29, 1.82) is 0 Å². The molecule has 1 aromatic heterocycles. The van der Waals surface area contributed by atoms with Gasteiger partial charge in [0.15, 0.2) is 0 Å². The highest BCUT2D eigenvalue weighted by Crippen LogP contribution is 2.33. The molecule has 0 aliphatic carbocycles. The van der Waals surface area contributed by atoms with Gasteiger partial charge in [0, 0.05) is 48.4 Å². The minimum atomic E-state index is 0.999. The molecule has 23 heavy (non-hydrogen) atoms. The van der Waals surface area contributed by atoms with Crippen LogP contribution >= 0.6 is 0 Å². The number of aromatic nitrogens is 1. The van der Waals surface area contributed by atoms with Crippen molar-refractivity contribution in [3.05, 3.63) is 77.1 Å². The summed E-state index contributed by atoms with van der Waals surface area (Å²) in [5.74, 6) is 0. The lowest BCUT2D eigenvalue weighted by Crippen LogP contribution is -2.33. The molecule has 1 aliphatic heterocycles. The maximum absolute atomic E-state index is 2.32. The number of benzene rings is 2. The highest BCUT2D eigenvalue weighted by molar-refractivity contribution is 5.80. The van der Waals surface area contributed by atoms with Crippen molar-refractivity contribution < 1.29 is 4.57 Å². The number of pyridine rings is 1. The second-order valence-electron chi connectivity index (χ2n) is 6.33. The van der Waals surface area contributed by atoms with E-state index in [1.807, 2.05) is 0 Å². The fraction of sp³-hybridized carbons (Fsp3) is 0.190. The van der Waals surface area contributed by atoms with E-state index in [2.05, 4.69) is 91.2 Å². The van der Waals surface area contributed by atoms with Gasteiger partial charge < -0.3 is 4.90 Å². The predicted molar refractivity (Wildman–Crippen MR) is 96.4 cm³/mol. The van der Waals surface area contributed by atoms with Crippen molar-refractivity contribution in [2.45, 2.75) is 13.3 Å². The molecule has 0 saturated heterocycles. The summed E-state index contributed by atoms with van der Waals surface area (Å²) in [6.07, 6.45) is 3.32. The van der Waals surface area contributed by atoms with Crippen molar-refractivity contribution in [3.63, 3.8) is 0 Å².